The third kappa shape index (κ3) is 2.81. The Morgan fingerprint density at radius 2 is 2.07 bits per heavy atom. The van der Waals surface area contributed by atoms with Crippen molar-refractivity contribution in [1.29, 1.82) is 0 Å². The number of nitrogens with one attached hydrogen (secondary N) is 1. The molecule has 1 unspecified atom stereocenters. The zero-order valence-corrected chi connectivity index (χ0v) is 10.5. The Kier molecular flexibility index (Phi) is 4.33. The molecule has 1 atom stereocenters. The lowest BCUT2D eigenvalue weighted by Crippen LogP contribution is -2.25. The largest absolute Gasteiger partial charge is 0.310 e. The van der Waals surface area contributed by atoms with E-state index in [1.807, 2.05) is 11.7 Å². The van der Waals surface area contributed by atoms with Gasteiger partial charge in [0.1, 0.15) is 0 Å². The van der Waals surface area contributed by atoms with E-state index >= 15 is 0 Å². The molecule has 3 heteroatoms. The van der Waals surface area contributed by atoms with Crippen LogP contribution in [0.5, 0.6) is 0 Å². The number of nitrogens with zero attached hydrogens (tertiary/aromatic N) is 2. The summed E-state index contributed by atoms with van der Waals surface area (Å²) < 4.78 is 1.92. The topological polar surface area (TPSA) is 29.9 Å². The first-order valence-corrected chi connectivity index (χ1v) is 5.85. The fourth-order valence-electron chi connectivity index (χ4n) is 2.01. The maximum atomic E-state index is 4.49. The van der Waals surface area contributed by atoms with Gasteiger partial charge in [-0.15, -0.1) is 0 Å². The molecule has 0 spiro atoms. The average molecular weight is 209 g/mol. The normalized spacial score (nSPS) is 13.5. The molecule has 0 radical (unpaired) electrons. The molecule has 3 nitrogen and oxygen atoms in total. The lowest BCUT2D eigenvalue weighted by atomic mass is 9.96. The van der Waals surface area contributed by atoms with Crippen LogP contribution in [0.15, 0.2) is 6.20 Å². The number of hydrogen-bond acceptors (Lipinski definition) is 2. The number of aryl methyl sites for hydroxylation is 2. The first-order chi connectivity index (χ1) is 7.10. The minimum atomic E-state index is 0.429. The maximum absolute atomic E-state index is 4.49. The number of hydrogen-bond donors (Lipinski definition) is 1. The second kappa shape index (κ2) is 5.31. The van der Waals surface area contributed by atoms with Crippen LogP contribution in [0.3, 0.4) is 0 Å². The predicted octanol–water partition coefficient (Wildman–Crippen LogP) is 2.29. The van der Waals surface area contributed by atoms with Crippen molar-refractivity contribution in [3.63, 3.8) is 0 Å². The smallest absolute Gasteiger partial charge is 0.0669 e. The minimum absolute atomic E-state index is 0.429. The molecule has 0 aliphatic rings. The van der Waals surface area contributed by atoms with Crippen LogP contribution in [-0.4, -0.2) is 16.3 Å². The monoisotopic (exact) mass is 209 g/mol. The Morgan fingerprint density at radius 1 is 1.40 bits per heavy atom. The Balaban J connectivity index is 2.98. The van der Waals surface area contributed by atoms with E-state index < -0.39 is 0 Å². The lowest BCUT2D eigenvalue weighted by molar-refractivity contribution is 0.419. The molecule has 0 aliphatic carbocycles. The summed E-state index contributed by atoms with van der Waals surface area (Å²) in [5.41, 5.74) is 2.58. The Bertz CT molecular complexity index is 302. The van der Waals surface area contributed by atoms with Crippen molar-refractivity contribution in [2.45, 2.75) is 40.2 Å². The van der Waals surface area contributed by atoms with E-state index in [0.29, 0.717) is 12.0 Å². The Hall–Kier alpha value is -0.830. The second-order valence-electron chi connectivity index (χ2n) is 4.34. The van der Waals surface area contributed by atoms with Gasteiger partial charge in [-0.1, -0.05) is 27.7 Å². The molecule has 15 heavy (non-hydrogen) atoms. The maximum Gasteiger partial charge on any atom is 0.0669 e. The zero-order valence-electron chi connectivity index (χ0n) is 10.5. The summed E-state index contributed by atoms with van der Waals surface area (Å²) in [4.78, 5) is 0. The zero-order chi connectivity index (χ0) is 11.4. The van der Waals surface area contributed by atoms with Crippen molar-refractivity contribution in [3.05, 3.63) is 17.5 Å². The number of aromatic nitrogens is 2. The molecule has 1 aromatic heterocycles. The van der Waals surface area contributed by atoms with Gasteiger partial charge in [-0.3, -0.25) is 4.68 Å². The predicted molar refractivity (Wildman–Crippen MR) is 63.8 cm³/mol. The van der Waals surface area contributed by atoms with Gasteiger partial charge in [-0.25, -0.2) is 0 Å². The molecule has 0 aromatic carbocycles. The highest BCUT2D eigenvalue weighted by Crippen LogP contribution is 2.24. The third-order valence-electron chi connectivity index (χ3n) is 2.70. The third-order valence-corrected chi connectivity index (χ3v) is 2.70. The van der Waals surface area contributed by atoms with Crippen LogP contribution < -0.4 is 5.32 Å². The van der Waals surface area contributed by atoms with Crippen molar-refractivity contribution in [1.82, 2.24) is 15.1 Å². The molecule has 1 heterocycles. The van der Waals surface area contributed by atoms with Crippen molar-refractivity contribution in [3.8, 4) is 0 Å². The SMILES string of the molecule is CCNC(c1cn(C)nc1CC)C(C)C. The molecule has 0 saturated heterocycles. The minimum Gasteiger partial charge on any atom is -0.310 e. The molecule has 1 N–H and O–H groups in total. The fourth-order valence-corrected chi connectivity index (χ4v) is 2.01. The molecule has 0 aliphatic heterocycles. The van der Waals surface area contributed by atoms with Crippen LogP contribution in [0.2, 0.25) is 0 Å². The van der Waals surface area contributed by atoms with Crippen LogP contribution in [-0.2, 0) is 13.5 Å². The lowest BCUT2D eigenvalue weighted by Gasteiger charge is -2.21. The van der Waals surface area contributed by atoms with E-state index in [2.05, 4.69) is 44.3 Å². The molecule has 0 bridgehead atoms. The van der Waals surface area contributed by atoms with E-state index in [1.54, 1.807) is 0 Å². The van der Waals surface area contributed by atoms with Gasteiger partial charge in [0.25, 0.3) is 0 Å². The van der Waals surface area contributed by atoms with Crippen molar-refractivity contribution < 1.29 is 0 Å². The molecule has 86 valence electrons. The molecule has 0 fully saturated rings. The number of rotatable bonds is 5. The highest BCUT2D eigenvalue weighted by molar-refractivity contribution is 5.22. The van der Waals surface area contributed by atoms with Crippen molar-refractivity contribution in [2.75, 3.05) is 6.54 Å². The van der Waals surface area contributed by atoms with Crippen LogP contribution in [0, 0.1) is 5.92 Å². The summed E-state index contributed by atoms with van der Waals surface area (Å²) in [5.74, 6) is 0.597. The van der Waals surface area contributed by atoms with Gasteiger partial charge in [-0.2, -0.15) is 5.10 Å². The van der Waals surface area contributed by atoms with Gasteiger partial charge in [0.2, 0.25) is 0 Å². The van der Waals surface area contributed by atoms with Crippen molar-refractivity contribution in [2.24, 2.45) is 13.0 Å². The summed E-state index contributed by atoms with van der Waals surface area (Å²) in [6.07, 6.45) is 3.15. The standard InChI is InChI=1S/C12H23N3/c1-6-11-10(8-15(5)14-11)12(9(3)4)13-7-2/h8-9,12-13H,6-7H2,1-5H3. The molecule has 0 amide bonds. The molecular formula is C12H23N3. The van der Waals surface area contributed by atoms with E-state index in [4.69, 9.17) is 0 Å². The summed E-state index contributed by atoms with van der Waals surface area (Å²) in [6, 6.07) is 0.429. The highest BCUT2D eigenvalue weighted by atomic mass is 15.3. The molecular weight excluding hydrogens is 186 g/mol. The average Bonchev–Trinajstić information content (AvgIpc) is 2.55. The molecule has 0 saturated carbocycles. The summed E-state index contributed by atoms with van der Waals surface area (Å²) in [5, 5.41) is 8.02. The highest BCUT2D eigenvalue weighted by Gasteiger charge is 2.19. The summed E-state index contributed by atoms with van der Waals surface area (Å²) in [6.45, 7) is 9.81. The van der Waals surface area contributed by atoms with Gasteiger partial charge in [0.05, 0.1) is 5.69 Å². The Morgan fingerprint density at radius 3 is 2.53 bits per heavy atom. The Labute approximate surface area is 92.9 Å². The van der Waals surface area contributed by atoms with Gasteiger partial charge in [0, 0.05) is 24.8 Å². The molecule has 1 aromatic rings. The quantitative estimate of drug-likeness (QED) is 0.806. The van der Waals surface area contributed by atoms with E-state index in [1.165, 1.54) is 11.3 Å². The first kappa shape index (κ1) is 12.2. The van der Waals surface area contributed by atoms with E-state index in [-0.39, 0.29) is 0 Å². The van der Waals surface area contributed by atoms with E-state index in [0.717, 1.165) is 13.0 Å². The van der Waals surface area contributed by atoms with Crippen LogP contribution in [0.4, 0.5) is 0 Å². The van der Waals surface area contributed by atoms with Crippen LogP contribution in [0.25, 0.3) is 0 Å². The van der Waals surface area contributed by atoms with Gasteiger partial charge >= 0.3 is 0 Å². The fraction of sp³-hybridized carbons (Fsp3) is 0.750. The molecule has 1 rings (SSSR count). The van der Waals surface area contributed by atoms with Crippen LogP contribution in [0.1, 0.15) is 45.0 Å². The second-order valence-corrected chi connectivity index (χ2v) is 4.34. The van der Waals surface area contributed by atoms with Gasteiger partial charge < -0.3 is 5.32 Å². The van der Waals surface area contributed by atoms with Gasteiger partial charge in [-0.05, 0) is 18.9 Å². The summed E-state index contributed by atoms with van der Waals surface area (Å²) >= 11 is 0. The van der Waals surface area contributed by atoms with Gasteiger partial charge in [0.15, 0.2) is 0 Å². The first-order valence-electron chi connectivity index (χ1n) is 5.85. The summed E-state index contributed by atoms with van der Waals surface area (Å²) in [7, 11) is 1.99. The van der Waals surface area contributed by atoms with Crippen LogP contribution >= 0.6 is 0 Å². The van der Waals surface area contributed by atoms with Crippen molar-refractivity contribution >= 4 is 0 Å². The van der Waals surface area contributed by atoms with E-state index in [9.17, 15) is 0 Å².